The third-order valence-electron chi connectivity index (χ3n) is 4.99. The number of carbonyl (C=O) groups is 1. The average molecular weight is 392 g/mol. The Morgan fingerprint density at radius 1 is 1.25 bits per heavy atom. The molecule has 7 nitrogen and oxygen atoms in total. The van der Waals surface area contributed by atoms with Gasteiger partial charge in [0.2, 0.25) is 5.91 Å². The maximum absolute atomic E-state index is 13.0. The largest absolute Gasteiger partial charge is 0.435 e. The van der Waals surface area contributed by atoms with Gasteiger partial charge >= 0.3 is 6.18 Å². The van der Waals surface area contributed by atoms with E-state index in [0.29, 0.717) is 12.8 Å². The fourth-order valence-electron chi connectivity index (χ4n) is 3.56. The topological polar surface area (TPSA) is 65.8 Å². The van der Waals surface area contributed by atoms with Crippen molar-refractivity contribution < 1.29 is 18.0 Å². The highest BCUT2D eigenvalue weighted by Crippen LogP contribution is 2.33. The van der Waals surface area contributed by atoms with Gasteiger partial charge in [-0.05, 0) is 12.0 Å². The molecule has 2 aliphatic rings. The van der Waals surface area contributed by atoms with Crippen LogP contribution >= 0.6 is 0 Å². The standard InChI is InChI=1S/C18H19F3N6O/c1-25-16-10-14(18(19,20)21)24-26(16)8-7-13(17(25)28)27-15(22-11-23-27)9-12-5-3-2-4-6-12/h2-6,10-11,13,15H,7-9H2,1H3,(H,22,23). The third kappa shape index (κ3) is 3.35. The van der Waals surface area contributed by atoms with Gasteiger partial charge in [0.1, 0.15) is 18.0 Å². The van der Waals surface area contributed by atoms with Crippen molar-refractivity contribution in [3.63, 3.8) is 0 Å². The number of hydrogen-bond acceptors (Lipinski definition) is 5. The minimum atomic E-state index is -4.55. The van der Waals surface area contributed by atoms with Crippen LogP contribution in [0.2, 0.25) is 0 Å². The zero-order valence-corrected chi connectivity index (χ0v) is 15.1. The summed E-state index contributed by atoms with van der Waals surface area (Å²) in [5.41, 5.74) is 3.10. The molecule has 1 amide bonds. The Bertz CT molecular complexity index is 894. The van der Waals surface area contributed by atoms with E-state index in [0.717, 1.165) is 11.6 Å². The zero-order valence-electron chi connectivity index (χ0n) is 15.1. The van der Waals surface area contributed by atoms with Gasteiger partial charge in [-0.1, -0.05) is 30.3 Å². The fraction of sp³-hybridized carbons (Fsp3) is 0.389. The molecule has 148 valence electrons. The molecule has 4 rings (SSSR count). The van der Waals surface area contributed by atoms with E-state index in [1.807, 2.05) is 30.3 Å². The van der Waals surface area contributed by atoms with Gasteiger partial charge in [0.25, 0.3) is 0 Å². The van der Waals surface area contributed by atoms with E-state index >= 15 is 0 Å². The van der Waals surface area contributed by atoms with Crippen molar-refractivity contribution in [3.05, 3.63) is 47.7 Å². The molecule has 1 N–H and O–H groups in total. The summed E-state index contributed by atoms with van der Waals surface area (Å²) in [6.07, 6.45) is -2.35. The Labute approximate surface area is 159 Å². The Kier molecular flexibility index (Phi) is 4.58. The molecule has 1 aromatic carbocycles. The Morgan fingerprint density at radius 3 is 2.71 bits per heavy atom. The fourth-order valence-corrected chi connectivity index (χ4v) is 3.56. The number of alkyl halides is 3. The lowest BCUT2D eigenvalue weighted by molar-refractivity contribution is -0.141. The Balaban J connectivity index is 1.55. The van der Waals surface area contributed by atoms with Crippen molar-refractivity contribution in [2.75, 3.05) is 11.9 Å². The summed E-state index contributed by atoms with van der Waals surface area (Å²) in [5, 5.41) is 5.41. The van der Waals surface area contributed by atoms with E-state index in [-0.39, 0.29) is 24.4 Å². The van der Waals surface area contributed by atoms with Gasteiger partial charge in [0.15, 0.2) is 5.69 Å². The van der Waals surface area contributed by atoms with Crippen LogP contribution in [-0.2, 0) is 23.9 Å². The van der Waals surface area contributed by atoms with Crippen molar-refractivity contribution in [3.8, 4) is 0 Å². The number of nitrogens with zero attached hydrogens (tertiary/aromatic N) is 5. The zero-order chi connectivity index (χ0) is 19.9. The van der Waals surface area contributed by atoms with Gasteiger partial charge in [0, 0.05) is 26.1 Å². The highest BCUT2D eigenvalue weighted by molar-refractivity contribution is 5.96. The van der Waals surface area contributed by atoms with Crippen LogP contribution in [0.1, 0.15) is 17.7 Å². The highest BCUT2D eigenvalue weighted by Gasteiger charge is 2.41. The van der Waals surface area contributed by atoms with E-state index in [1.165, 1.54) is 16.6 Å². The van der Waals surface area contributed by atoms with E-state index in [2.05, 4.69) is 15.5 Å². The van der Waals surface area contributed by atoms with Crippen molar-refractivity contribution in [2.45, 2.75) is 37.8 Å². The number of hydrogen-bond donors (Lipinski definition) is 1. The molecule has 10 heteroatoms. The van der Waals surface area contributed by atoms with Crippen LogP contribution in [0.5, 0.6) is 0 Å². The molecule has 2 unspecified atom stereocenters. The van der Waals surface area contributed by atoms with Crippen LogP contribution in [0.15, 0.2) is 41.4 Å². The summed E-state index contributed by atoms with van der Waals surface area (Å²) < 4.78 is 40.1. The second-order valence-electron chi connectivity index (χ2n) is 6.80. The first kappa shape index (κ1) is 18.5. The van der Waals surface area contributed by atoms with E-state index in [9.17, 15) is 18.0 Å². The number of halogens is 3. The normalized spacial score (nSPS) is 22.9. The number of rotatable bonds is 3. The van der Waals surface area contributed by atoms with E-state index < -0.39 is 17.9 Å². The molecular weight excluding hydrogens is 373 g/mol. The van der Waals surface area contributed by atoms with Crippen LogP contribution in [0.4, 0.5) is 19.0 Å². The first-order valence-electron chi connectivity index (χ1n) is 8.87. The SMILES string of the molecule is CN1C(=O)C(N2NC=NC2Cc2ccccc2)CCn2nc(C(F)(F)F)cc21. The number of fused-ring (bicyclic) bond motifs is 1. The van der Waals surface area contributed by atoms with Gasteiger partial charge in [-0.2, -0.15) is 23.3 Å². The smallest absolute Gasteiger partial charge is 0.307 e. The van der Waals surface area contributed by atoms with Crippen LogP contribution in [0, 0.1) is 0 Å². The number of hydrazine groups is 1. The number of likely N-dealkylation sites (N-methyl/N-ethyl adjacent to an activating group) is 1. The summed E-state index contributed by atoms with van der Waals surface area (Å²) >= 11 is 0. The van der Waals surface area contributed by atoms with Crippen molar-refractivity contribution in [1.29, 1.82) is 0 Å². The lowest BCUT2D eigenvalue weighted by Crippen LogP contribution is -2.54. The van der Waals surface area contributed by atoms with Gasteiger partial charge in [-0.25, -0.2) is 4.68 Å². The molecule has 1 aromatic heterocycles. The minimum absolute atomic E-state index is 0.138. The van der Waals surface area contributed by atoms with Crippen molar-refractivity contribution in [1.82, 2.24) is 20.2 Å². The molecular formula is C18H19F3N6O. The monoisotopic (exact) mass is 392 g/mol. The molecule has 0 spiro atoms. The van der Waals surface area contributed by atoms with E-state index in [1.54, 1.807) is 11.3 Å². The summed E-state index contributed by atoms with van der Waals surface area (Å²) in [5.74, 6) is -0.164. The number of carbonyl (C=O) groups excluding carboxylic acids is 1. The molecule has 0 aliphatic carbocycles. The lowest BCUT2D eigenvalue weighted by atomic mass is 10.1. The van der Waals surface area contributed by atoms with Crippen molar-refractivity contribution >= 4 is 18.1 Å². The minimum Gasteiger partial charge on any atom is -0.307 e. The van der Waals surface area contributed by atoms with Crippen LogP contribution in [0.25, 0.3) is 0 Å². The second-order valence-corrected chi connectivity index (χ2v) is 6.80. The first-order valence-corrected chi connectivity index (χ1v) is 8.87. The molecule has 2 aromatic rings. The summed E-state index contributed by atoms with van der Waals surface area (Å²) in [7, 11) is 1.47. The number of aliphatic imine (C=N–C) groups is 1. The van der Waals surface area contributed by atoms with Crippen LogP contribution in [0.3, 0.4) is 0 Å². The maximum Gasteiger partial charge on any atom is 0.435 e. The molecule has 28 heavy (non-hydrogen) atoms. The quantitative estimate of drug-likeness (QED) is 0.869. The number of aryl methyl sites for hydroxylation is 1. The van der Waals surface area contributed by atoms with E-state index in [4.69, 9.17) is 0 Å². The summed E-state index contributed by atoms with van der Waals surface area (Å²) in [6.45, 7) is 0.197. The molecule has 0 saturated carbocycles. The molecule has 2 atom stereocenters. The predicted molar refractivity (Wildman–Crippen MR) is 96.4 cm³/mol. The van der Waals surface area contributed by atoms with Crippen LogP contribution in [-0.4, -0.2) is 46.3 Å². The number of nitrogens with one attached hydrogen (secondary N) is 1. The predicted octanol–water partition coefficient (Wildman–Crippen LogP) is 2.05. The van der Waals surface area contributed by atoms with Crippen molar-refractivity contribution in [2.24, 2.45) is 4.99 Å². The summed E-state index contributed by atoms with van der Waals surface area (Å²) in [6, 6.07) is 10.1. The number of benzene rings is 1. The number of anilines is 1. The van der Waals surface area contributed by atoms with Crippen LogP contribution < -0.4 is 10.3 Å². The molecule has 3 heterocycles. The van der Waals surface area contributed by atoms with Gasteiger partial charge in [-0.15, -0.1) is 0 Å². The van der Waals surface area contributed by atoms with Gasteiger partial charge in [-0.3, -0.25) is 14.7 Å². The highest BCUT2D eigenvalue weighted by atomic mass is 19.4. The van der Waals surface area contributed by atoms with Gasteiger partial charge in [0.05, 0.1) is 6.34 Å². The number of amides is 1. The molecule has 0 radical (unpaired) electrons. The Morgan fingerprint density at radius 2 is 2.00 bits per heavy atom. The molecule has 0 fully saturated rings. The third-order valence-corrected chi connectivity index (χ3v) is 4.99. The molecule has 2 aliphatic heterocycles. The summed E-state index contributed by atoms with van der Waals surface area (Å²) in [4.78, 5) is 18.7. The second kappa shape index (κ2) is 6.93. The van der Waals surface area contributed by atoms with Gasteiger partial charge < -0.3 is 5.43 Å². The average Bonchev–Trinajstić information content (AvgIpc) is 3.27. The lowest BCUT2D eigenvalue weighted by Gasteiger charge is -2.31. The molecule has 0 saturated heterocycles. The Hall–Kier alpha value is -2.88. The first-order chi connectivity index (χ1) is 13.3. The number of aromatic nitrogens is 2. The molecule has 0 bridgehead atoms. The maximum atomic E-state index is 13.0.